The molecular weight excluding hydrogens is 259 g/mol. The average Bonchev–Trinajstić information content (AvgIpc) is 2.46. The Morgan fingerprint density at radius 2 is 2.25 bits per heavy atom. The minimum Gasteiger partial charge on any atom is -0.396 e. The van der Waals surface area contributed by atoms with Crippen LogP contribution in [0.2, 0.25) is 0 Å². The van der Waals surface area contributed by atoms with Gasteiger partial charge >= 0.3 is 0 Å². The van der Waals surface area contributed by atoms with Gasteiger partial charge in [0.25, 0.3) is 5.91 Å². The van der Waals surface area contributed by atoms with E-state index in [1.54, 1.807) is 15.9 Å². The Labute approximate surface area is 118 Å². The fraction of sp³-hybridized carbons (Fsp3) is 0.533. The van der Waals surface area contributed by atoms with E-state index < -0.39 is 5.82 Å². The number of aliphatic hydroxyl groups is 1. The third-order valence-corrected chi connectivity index (χ3v) is 3.76. The zero-order chi connectivity index (χ0) is 14.7. The van der Waals surface area contributed by atoms with Crippen molar-refractivity contribution in [1.29, 1.82) is 0 Å². The number of nitrogens with zero attached hydrogens (tertiary/aromatic N) is 2. The summed E-state index contributed by atoms with van der Waals surface area (Å²) in [6.45, 7) is 1.21. The fourth-order valence-corrected chi connectivity index (χ4v) is 2.52. The largest absolute Gasteiger partial charge is 0.396 e. The fourth-order valence-electron chi connectivity index (χ4n) is 2.52. The number of aliphatic hydroxyl groups excluding tert-OH is 1. The Kier molecular flexibility index (Phi) is 4.60. The first kappa shape index (κ1) is 14.8. The van der Waals surface area contributed by atoms with E-state index in [1.165, 1.54) is 12.1 Å². The van der Waals surface area contributed by atoms with Gasteiger partial charge in [-0.1, -0.05) is 0 Å². The van der Waals surface area contributed by atoms with Gasteiger partial charge in [0, 0.05) is 39.5 Å². The third-order valence-electron chi connectivity index (χ3n) is 3.76. The lowest BCUT2D eigenvalue weighted by molar-refractivity contribution is 0.0616. The molecule has 4 nitrogen and oxygen atoms in total. The molecule has 110 valence electrons. The molecule has 1 N–H and O–H groups in total. The summed E-state index contributed by atoms with van der Waals surface area (Å²) in [5.41, 5.74) is 0.833. The summed E-state index contributed by atoms with van der Waals surface area (Å²) >= 11 is 0. The lowest BCUT2D eigenvalue weighted by Crippen LogP contribution is -2.41. The standard InChI is InChI=1S/C15H21FN2O2/c1-17(2)12-5-6-13(14(16)8-12)15(20)18-7-3-4-11(9-18)10-19/h5-6,8,11,19H,3-4,7,9-10H2,1-2H3. The van der Waals surface area contributed by atoms with Crippen LogP contribution in [0.4, 0.5) is 10.1 Å². The molecule has 1 fully saturated rings. The molecule has 1 saturated heterocycles. The zero-order valence-electron chi connectivity index (χ0n) is 12.0. The Morgan fingerprint density at radius 3 is 2.85 bits per heavy atom. The summed E-state index contributed by atoms with van der Waals surface area (Å²) in [4.78, 5) is 15.8. The number of hydrogen-bond donors (Lipinski definition) is 1. The smallest absolute Gasteiger partial charge is 0.256 e. The summed E-state index contributed by atoms with van der Waals surface area (Å²) in [6.07, 6.45) is 1.77. The van der Waals surface area contributed by atoms with Crippen LogP contribution in [0.1, 0.15) is 23.2 Å². The van der Waals surface area contributed by atoms with Gasteiger partial charge < -0.3 is 14.9 Å². The van der Waals surface area contributed by atoms with Crippen LogP contribution in [0.5, 0.6) is 0 Å². The predicted molar refractivity (Wildman–Crippen MR) is 76.4 cm³/mol. The van der Waals surface area contributed by atoms with E-state index in [1.807, 2.05) is 14.1 Å². The molecule has 1 heterocycles. The van der Waals surface area contributed by atoms with Gasteiger partial charge in [-0.05, 0) is 37.0 Å². The van der Waals surface area contributed by atoms with Crippen molar-refractivity contribution in [3.8, 4) is 0 Å². The topological polar surface area (TPSA) is 43.8 Å². The van der Waals surface area contributed by atoms with Gasteiger partial charge in [-0.2, -0.15) is 0 Å². The van der Waals surface area contributed by atoms with Crippen molar-refractivity contribution in [1.82, 2.24) is 4.90 Å². The maximum atomic E-state index is 14.1. The highest BCUT2D eigenvalue weighted by Crippen LogP contribution is 2.21. The molecule has 0 radical (unpaired) electrons. The molecule has 1 aliphatic heterocycles. The highest BCUT2D eigenvalue weighted by Gasteiger charge is 2.25. The Morgan fingerprint density at radius 1 is 1.50 bits per heavy atom. The molecule has 0 spiro atoms. The molecule has 0 bridgehead atoms. The van der Waals surface area contributed by atoms with Crippen LogP contribution in [0, 0.1) is 11.7 Å². The zero-order valence-corrected chi connectivity index (χ0v) is 12.0. The van der Waals surface area contributed by atoms with Crippen LogP contribution in [0.25, 0.3) is 0 Å². The predicted octanol–water partition coefficient (Wildman–Crippen LogP) is 1.74. The number of benzene rings is 1. The van der Waals surface area contributed by atoms with Gasteiger partial charge in [0.05, 0.1) is 5.56 Å². The molecule has 1 aromatic carbocycles. The monoisotopic (exact) mass is 280 g/mol. The molecule has 0 aliphatic carbocycles. The number of halogens is 1. The number of amides is 1. The maximum Gasteiger partial charge on any atom is 0.256 e. The van der Waals surface area contributed by atoms with Crippen molar-refractivity contribution in [2.75, 3.05) is 38.7 Å². The molecule has 0 saturated carbocycles. The summed E-state index contributed by atoms with van der Waals surface area (Å²) in [5.74, 6) is -0.671. The first-order valence-electron chi connectivity index (χ1n) is 6.90. The van der Waals surface area contributed by atoms with Crippen molar-refractivity contribution in [2.24, 2.45) is 5.92 Å². The van der Waals surface area contributed by atoms with E-state index in [0.29, 0.717) is 13.1 Å². The van der Waals surface area contributed by atoms with Crippen molar-refractivity contribution < 1.29 is 14.3 Å². The first-order chi connectivity index (χ1) is 9.52. The van der Waals surface area contributed by atoms with Crippen molar-refractivity contribution >= 4 is 11.6 Å². The molecule has 5 heteroatoms. The normalized spacial score (nSPS) is 19.0. The SMILES string of the molecule is CN(C)c1ccc(C(=O)N2CCCC(CO)C2)c(F)c1. The van der Waals surface area contributed by atoms with E-state index in [2.05, 4.69) is 0 Å². The van der Waals surface area contributed by atoms with Crippen LogP contribution in [0.15, 0.2) is 18.2 Å². The highest BCUT2D eigenvalue weighted by molar-refractivity contribution is 5.95. The summed E-state index contributed by atoms with van der Waals surface area (Å²) in [7, 11) is 3.65. The van der Waals surface area contributed by atoms with Gasteiger partial charge in [0.2, 0.25) is 0 Å². The quantitative estimate of drug-likeness (QED) is 0.917. The Hall–Kier alpha value is -1.62. The summed E-state index contributed by atoms with van der Waals surface area (Å²) in [6, 6.07) is 4.65. The first-order valence-corrected chi connectivity index (χ1v) is 6.90. The molecule has 20 heavy (non-hydrogen) atoms. The molecule has 0 aromatic heterocycles. The van der Waals surface area contributed by atoms with E-state index in [9.17, 15) is 14.3 Å². The minimum absolute atomic E-state index is 0.0752. The highest BCUT2D eigenvalue weighted by atomic mass is 19.1. The number of hydrogen-bond acceptors (Lipinski definition) is 3. The molecule has 1 aromatic rings. The second-order valence-electron chi connectivity index (χ2n) is 5.50. The second-order valence-corrected chi connectivity index (χ2v) is 5.50. The molecule has 1 unspecified atom stereocenters. The maximum absolute atomic E-state index is 14.1. The van der Waals surface area contributed by atoms with Crippen LogP contribution >= 0.6 is 0 Å². The minimum atomic E-state index is -0.493. The van der Waals surface area contributed by atoms with Crippen molar-refractivity contribution in [3.63, 3.8) is 0 Å². The lowest BCUT2D eigenvalue weighted by atomic mass is 9.98. The van der Waals surface area contributed by atoms with Gasteiger partial charge in [-0.25, -0.2) is 4.39 Å². The summed E-state index contributed by atoms with van der Waals surface area (Å²) in [5, 5.41) is 9.20. The third kappa shape index (κ3) is 3.10. The number of carbonyl (C=O) groups excluding carboxylic acids is 1. The van der Waals surface area contributed by atoms with Gasteiger partial charge in [-0.3, -0.25) is 4.79 Å². The summed E-state index contributed by atoms with van der Waals surface area (Å²) < 4.78 is 14.1. The van der Waals surface area contributed by atoms with Crippen molar-refractivity contribution in [2.45, 2.75) is 12.8 Å². The molecule has 1 amide bonds. The van der Waals surface area contributed by atoms with Crippen molar-refractivity contribution in [3.05, 3.63) is 29.6 Å². The molecular formula is C15H21FN2O2. The number of anilines is 1. The Balaban J connectivity index is 2.16. The number of carbonyl (C=O) groups is 1. The van der Waals surface area contributed by atoms with Crippen LogP contribution in [-0.2, 0) is 0 Å². The molecule has 1 aliphatic rings. The number of rotatable bonds is 3. The Bertz CT molecular complexity index is 491. The van der Waals surface area contributed by atoms with E-state index in [4.69, 9.17) is 0 Å². The van der Waals surface area contributed by atoms with Crippen LogP contribution < -0.4 is 4.90 Å². The molecule has 1 atom stereocenters. The van der Waals surface area contributed by atoms with Gasteiger partial charge in [0.15, 0.2) is 0 Å². The number of piperidine rings is 1. The van der Waals surface area contributed by atoms with E-state index in [-0.39, 0.29) is 24.0 Å². The number of likely N-dealkylation sites (tertiary alicyclic amines) is 1. The van der Waals surface area contributed by atoms with Crippen LogP contribution in [-0.4, -0.2) is 49.7 Å². The second kappa shape index (κ2) is 6.22. The lowest BCUT2D eigenvalue weighted by Gasteiger charge is -2.32. The van der Waals surface area contributed by atoms with Gasteiger partial charge in [-0.15, -0.1) is 0 Å². The van der Waals surface area contributed by atoms with Crippen LogP contribution in [0.3, 0.4) is 0 Å². The van der Waals surface area contributed by atoms with E-state index in [0.717, 1.165) is 18.5 Å². The van der Waals surface area contributed by atoms with Gasteiger partial charge in [0.1, 0.15) is 5.82 Å². The molecule has 2 rings (SSSR count). The average molecular weight is 280 g/mol. The van der Waals surface area contributed by atoms with E-state index >= 15 is 0 Å².